The Balaban J connectivity index is 1.93. The number of urea groups is 1. The first-order valence-corrected chi connectivity index (χ1v) is 7.75. The van der Waals surface area contributed by atoms with Crippen LogP contribution in [-0.4, -0.2) is 39.2 Å². The Morgan fingerprint density at radius 1 is 0.800 bits per heavy atom. The van der Waals surface area contributed by atoms with Crippen molar-refractivity contribution in [1.29, 1.82) is 0 Å². The number of hydrazine groups is 2. The molecular weight excluding hydrogens is 252 g/mol. The molecule has 5 heteroatoms. The summed E-state index contributed by atoms with van der Waals surface area (Å²) in [6.45, 7) is 12.8. The number of carbonyl (C=O) groups is 1. The highest BCUT2D eigenvalue weighted by atomic mass is 16.2. The number of carbonyl (C=O) groups excluding carboxylic acids is 1. The minimum atomic E-state index is -0.117. The maximum absolute atomic E-state index is 12.3. The lowest BCUT2D eigenvalue weighted by Crippen LogP contribution is -2.62. The molecule has 2 amide bonds. The SMILES string of the molecule is CC(C)(C)N(NC(=O)NN(C1CC1)C(C)(C)C)C1CC1. The second-order valence-electron chi connectivity index (χ2n) is 8.10. The van der Waals surface area contributed by atoms with E-state index in [4.69, 9.17) is 0 Å². The summed E-state index contributed by atoms with van der Waals surface area (Å²) in [5.41, 5.74) is 5.99. The summed E-state index contributed by atoms with van der Waals surface area (Å²) in [7, 11) is 0. The van der Waals surface area contributed by atoms with E-state index in [0.29, 0.717) is 12.1 Å². The van der Waals surface area contributed by atoms with Gasteiger partial charge in [-0.3, -0.25) is 10.9 Å². The normalized spacial score (nSPS) is 20.4. The number of nitrogens with zero attached hydrogens (tertiary/aromatic N) is 2. The van der Waals surface area contributed by atoms with Crippen molar-refractivity contribution < 1.29 is 4.79 Å². The molecule has 0 saturated heterocycles. The summed E-state index contributed by atoms with van der Waals surface area (Å²) >= 11 is 0. The molecule has 0 bridgehead atoms. The highest BCUT2D eigenvalue weighted by Gasteiger charge is 2.40. The molecule has 0 radical (unpaired) electrons. The zero-order chi connectivity index (χ0) is 15.1. The third-order valence-electron chi connectivity index (χ3n) is 3.71. The zero-order valence-corrected chi connectivity index (χ0v) is 13.8. The standard InChI is InChI=1S/C15H30N4O/c1-14(2,3)18(11-7-8-11)16-13(20)17-19(12-9-10-12)15(4,5)6/h11-12H,7-10H2,1-6H3,(H2,16,17,20). The lowest BCUT2D eigenvalue weighted by molar-refractivity contribution is 0.0444. The molecule has 5 nitrogen and oxygen atoms in total. The fourth-order valence-electron chi connectivity index (χ4n) is 2.52. The largest absolute Gasteiger partial charge is 0.343 e. The fourth-order valence-corrected chi connectivity index (χ4v) is 2.52. The topological polar surface area (TPSA) is 47.6 Å². The van der Waals surface area contributed by atoms with Crippen LogP contribution in [0.4, 0.5) is 4.79 Å². The van der Waals surface area contributed by atoms with E-state index >= 15 is 0 Å². The van der Waals surface area contributed by atoms with Crippen LogP contribution in [0, 0.1) is 0 Å². The second kappa shape index (κ2) is 5.19. The molecule has 116 valence electrons. The Kier molecular flexibility index (Phi) is 4.04. The first kappa shape index (κ1) is 15.6. The van der Waals surface area contributed by atoms with E-state index in [9.17, 15) is 4.79 Å². The Morgan fingerprint density at radius 2 is 1.10 bits per heavy atom. The Morgan fingerprint density at radius 3 is 1.30 bits per heavy atom. The van der Waals surface area contributed by atoms with Crippen LogP contribution in [0.1, 0.15) is 67.2 Å². The number of amides is 2. The molecular formula is C15H30N4O. The average Bonchev–Trinajstić information content (AvgIpc) is 3.11. The molecule has 0 unspecified atom stereocenters. The van der Waals surface area contributed by atoms with Gasteiger partial charge in [-0.05, 0) is 67.2 Å². The molecule has 2 fully saturated rings. The van der Waals surface area contributed by atoms with Crippen molar-refractivity contribution in [1.82, 2.24) is 20.9 Å². The van der Waals surface area contributed by atoms with Crippen LogP contribution in [0.3, 0.4) is 0 Å². The van der Waals surface area contributed by atoms with Crippen molar-refractivity contribution in [3.8, 4) is 0 Å². The van der Waals surface area contributed by atoms with Crippen LogP contribution in [0.5, 0.6) is 0 Å². The molecule has 0 aliphatic heterocycles. The van der Waals surface area contributed by atoms with Crippen LogP contribution < -0.4 is 10.9 Å². The number of hydrogen-bond acceptors (Lipinski definition) is 3. The van der Waals surface area contributed by atoms with E-state index in [1.807, 2.05) is 0 Å². The van der Waals surface area contributed by atoms with Crippen LogP contribution in [0.15, 0.2) is 0 Å². The van der Waals surface area contributed by atoms with E-state index < -0.39 is 0 Å². The van der Waals surface area contributed by atoms with Gasteiger partial charge in [-0.15, -0.1) is 0 Å². The molecule has 0 spiro atoms. The highest BCUT2D eigenvalue weighted by molar-refractivity contribution is 5.73. The second-order valence-corrected chi connectivity index (χ2v) is 8.10. The van der Waals surface area contributed by atoms with Crippen molar-refractivity contribution in [2.24, 2.45) is 0 Å². The summed E-state index contributed by atoms with van der Waals surface area (Å²) in [6.07, 6.45) is 4.68. The number of nitrogens with one attached hydrogen (secondary N) is 2. The van der Waals surface area contributed by atoms with Gasteiger partial charge >= 0.3 is 6.03 Å². The van der Waals surface area contributed by atoms with Crippen molar-refractivity contribution in [3.05, 3.63) is 0 Å². The third kappa shape index (κ3) is 4.09. The highest BCUT2D eigenvalue weighted by Crippen LogP contribution is 2.32. The molecule has 0 heterocycles. The molecule has 0 aromatic rings. The summed E-state index contributed by atoms with van der Waals surface area (Å²) < 4.78 is 0. The van der Waals surface area contributed by atoms with Crippen LogP contribution in [-0.2, 0) is 0 Å². The van der Waals surface area contributed by atoms with Gasteiger partial charge in [0, 0.05) is 23.2 Å². The molecule has 20 heavy (non-hydrogen) atoms. The molecule has 2 saturated carbocycles. The van der Waals surface area contributed by atoms with Crippen molar-refractivity contribution in [2.75, 3.05) is 0 Å². The lowest BCUT2D eigenvalue weighted by atomic mass is 10.1. The first-order valence-electron chi connectivity index (χ1n) is 7.75. The Labute approximate surface area is 123 Å². The lowest BCUT2D eigenvalue weighted by Gasteiger charge is -2.39. The summed E-state index contributed by atoms with van der Waals surface area (Å²) in [4.78, 5) is 12.3. The Bertz CT molecular complexity index is 327. The third-order valence-corrected chi connectivity index (χ3v) is 3.71. The predicted molar refractivity (Wildman–Crippen MR) is 80.9 cm³/mol. The monoisotopic (exact) mass is 282 g/mol. The van der Waals surface area contributed by atoms with Crippen LogP contribution in [0.25, 0.3) is 0 Å². The first-order chi connectivity index (χ1) is 9.09. The van der Waals surface area contributed by atoms with Gasteiger partial charge in [0.05, 0.1) is 0 Å². The van der Waals surface area contributed by atoms with Crippen LogP contribution in [0.2, 0.25) is 0 Å². The molecule has 2 rings (SSSR count). The number of hydrogen-bond donors (Lipinski definition) is 2. The van der Waals surface area contributed by atoms with Gasteiger partial charge in [-0.25, -0.2) is 14.8 Å². The van der Waals surface area contributed by atoms with Gasteiger partial charge in [-0.1, -0.05) is 0 Å². The zero-order valence-electron chi connectivity index (χ0n) is 13.8. The van der Waals surface area contributed by atoms with E-state index in [2.05, 4.69) is 62.4 Å². The molecule has 0 aromatic heterocycles. The maximum Gasteiger partial charge on any atom is 0.343 e. The minimum absolute atomic E-state index is 0.0509. The van der Waals surface area contributed by atoms with Crippen molar-refractivity contribution >= 4 is 6.03 Å². The molecule has 0 aromatic carbocycles. The maximum atomic E-state index is 12.3. The summed E-state index contributed by atoms with van der Waals surface area (Å²) in [5.74, 6) is 0. The Hall–Kier alpha value is -0.810. The summed E-state index contributed by atoms with van der Waals surface area (Å²) in [5, 5.41) is 4.19. The van der Waals surface area contributed by atoms with Crippen molar-refractivity contribution in [2.45, 2.75) is 90.4 Å². The van der Waals surface area contributed by atoms with E-state index in [1.54, 1.807) is 0 Å². The van der Waals surface area contributed by atoms with E-state index in [0.717, 1.165) is 0 Å². The van der Waals surface area contributed by atoms with Gasteiger partial charge in [0.25, 0.3) is 0 Å². The molecule has 0 atom stereocenters. The number of rotatable bonds is 4. The van der Waals surface area contributed by atoms with Gasteiger partial charge in [-0.2, -0.15) is 0 Å². The molecule has 2 aliphatic rings. The molecule has 2 aliphatic carbocycles. The van der Waals surface area contributed by atoms with E-state index in [1.165, 1.54) is 25.7 Å². The van der Waals surface area contributed by atoms with Gasteiger partial charge in [0.2, 0.25) is 0 Å². The van der Waals surface area contributed by atoms with Gasteiger partial charge < -0.3 is 0 Å². The van der Waals surface area contributed by atoms with Gasteiger partial charge in [0.15, 0.2) is 0 Å². The predicted octanol–water partition coefficient (Wildman–Crippen LogP) is 2.64. The molecule has 2 N–H and O–H groups in total. The van der Waals surface area contributed by atoms with Crippen molar-refractivity contribution in [3.63, 3.8) is 0 Å². The average molecular weight is 282 g/mol. The van der Waals surface area contributed by atoms with Gasteiger partial charge in [0.1, 0.15) is 0 Å². The smallest absolute Gasteiger partial charge is 0.269 e. The van der Waals surface area contributed by atoms with Crippen LogP contribution >= 0.6 is 0 Å². The fraction of sp³-hybridized carbons (Fsp3) is 0.933. The quantitative estimate of drug-likeness (QED) is 0.779. The summed E-state index contributed by atoms with van der Waals surface area (Å²) in [6, 6.07) is 0.864. The van der Waals surface area contributed by atoms with E-state index in [-0.39, 0.29) is 17.1 Å². The minimum Gasteiger partial charge on any atom is -0.269 e.